The molecule has 1 aliphatic carbocycles. The van der Waals surface area contributed by atoms with Gasteiger partial charge in [0.05, 0.1) is 12.5 Å². The van der Waals surface area contributed by atoms with Crippen LogP contribution in [0.15, 0.2) is 28.7 Å². The average molecular weight is 307 g/mol. The van der Waals surface area contributed by atoms with Gasteiger partial charge in [0.2, 0.25) is 0 Å². The Labute approximate surface area is 118 Å². The van der Waals surface area contributed by atoms with E-state index < -0.39 is 0 Å². The Hall–Kier alpha value is -0.850. The minimum atomic E-state index is 0.364. The van der Waals surface area contributed by atoms with Gasteiger partial charge in [-0.05, 0) is 42.9 Å². The summed E-state index contributed by atoms with van der Waals surface area (Å²) in [6.07, 6.45) is 4.04. The lowest BCUT2D eigenvalue weighted by atomic mass is 9.75. The molecule has 0 amide bonds. The Bertz CT molecular complexity index is 432. The SMILES string of the molecule is CCC(CC#N)NC1CC(c2cccc(Br)c2)C1. The molecular formula is C15H19BrN2. The van der Waals surface area contributed by atoms with Crippen molar-refractivity contribution < 1.29 is 0 Å². The van der Waals surface area contributed by atoms with E-state index in [1.807, 2.05) is 0 Å². The van der Waals surface area contributed by atoms with Gasteiger partial charge in [0.1, 0.15) is 0 Å². The molecule has 1 aromatic rings. The molecule has 0 saturated heterocycles. The van der Waals surface area contributed by atoms with Crippen molar-refractivity contribution in [2.45, 2.75) is 50.6 Å². The average Bonchev–Trinajstić information content (AvgIpc) is 2.31. The number of benzene rings is 1. The minimum Gasteiger partial charge on any atom is -0.310 e. The molecule has 1 saturated carbocycles. The fourth-order valence-electron chi connectivity index (χ4n) is 2.55. The molecule has 0 spiro atoms. The molecular weight excluding hydrogens is 288 g/mol. The second-order valence-electron chi connectivity index (χ2n) is 5.05. The quantitative estimate of drug-likeness (QED) is 0.893. The number of nitrogens with one attached hydrogen (secondary N) is 1. The first-order valence-corrected chi connectivity index (χ1v) is 7.40. The second kappa shape index (κ2) is 6.36. The largest absolute Gasteiger partial charge is 0.310 e. The van der Waals surface area contributed by atoms with Crippen molar-refractivity contribution in [2.75, 3.05) is 0 Å². The molecule has 1 atom stereocenters. The van der Waals surface area contributed by atoms with E-state index in [0.29, 0.717) is 24.4 Å². The lowest BCUT2D eigenvalue weighted by Gasteiger charge is -2.38. The number of hydrogen-bond donors (Lipinski definition) is 1. The molecule has 3 heteroatoms. The Kier molecular flexibility index (Phi) is 4.79. The fourth-order valence-corrected chi connectivity index (χ4v) is 2.97. The summed E-state index contributed by atoms with van der Waals surface area (Å²) in [6.45, 7) is 2.14. The van der Waals surface area contributed by atoms with Crippen LogP contribution >= 0.6 is 15.9 Å². The van der Waals surface area contributed by atoms with Crippen LogP contribution in [0.1, 0.15) is 44.1 Å². The molecule has 0 aliphatic heterocycles. The van der Waals surface area contributed by atoms with E-state index >= 15 is 0 Å². The molecule has 18 heavy (non-hydrogen) atoms. The van der Waals surface area contributed by atoms with Crippen molar-refractivity contribution in [3.05, 3.63) is 34.3 Å². The summed E-state index contributed by atoms with van der Waals surface area (Å²) in [6, 6.07) is 11.8. The molecule has 1 N–H and O–H groups in total. The van der Waals surface area contributed by atoms with Crippen LogP contribution in [0.4, 0.5) is 0 Å². The van der Waals surface area contributed by atoms with Crippen LogP contribution in [0, 0.1) is 11.3 Å². The molecule has 96 valence electrons. The highest BCUT2D eigenvalue weighted by Gasteiger charge is 2.31. The summed E-state index contributed by atoms with van der Waals surface area (Å²) in [5.74, 6) is 0.680. The monoisotopic (exact) mass is 306 g/mol. The zero-order valence-electron chi connectivity index (χ0n) is 10.7. The Morgan fingerprint density at radius 3 is 2.89 bits per heavy atom. The number of nitrogens with zero attached hydrogens (tertiary/aromatic N) is 1. The van der Waals surface area contributed by atoms with Crippen LogP contribution in [-0.4, -0.2) is 12.1 Å². The van der Waals surface area contributed by atoms with Gasteiger partial charge < -0.3 is 5.32 Å². The second-order valence-corrected chi connectivity index (χ2v) is 5.97. The van der Waals surface area contributed by atoms with Gasteiger partial charge in [-0.2, -0.15) is 5.26 Å². The molecule has 1 unspecified atom stereocenters. The summed E-state index contributed by atoms with van der Waals surface area (Å²) >= 11 is 3.52. The summed E-state index contributed by atoms with van der Waals surface area (Å²) in [5, 5.41) is 12.3. The first-order valence-electron chi connectivity index (χ1n) is 6.61. The van der Waals surface area contributed by atoms with Gasteiger partial charge in [-0.3, -0.25) is 0 Å². The van der Waals surface area contributed by atoms with Crippen molar-refractivity contribution in [3.8, 4) is 6.07 Å². The van der Waals surface area contributed by atoms with Crippen LogP contribution in [0.2, 0.25) is 0 Å². The van der Waals surface area contributed by atoms with Gasteiger partial charge in [0.25, 0.3) is 0 Å². The molecule has 1 fully saturated rings. The van der Waals surface area contributed by atoms with Gasteiger partial charge in [-0.1, -0.05) is 35.0 Å². The highest BCUT2D eigenvalue weighted by Crippen LogP contribution is 2.38. The van der Waals surface area contributed by atoms with E-state index in [9.17, 15) is 0 Å². The van der Waals surface area contributed by atoms with Crippen molar-refractivity contribution in [3.63, 3.8) is 0 Å². The third-order valence-corrected chi connectivity index (χ3v) is 4.25. The summed E-state index contributed by atoms with van der Waals surface area (Å²) in [7, 11) is 0. The standard InChI is InChI=1S/C15H19BrN2/c1-2-14(6-7-17)18-15-9-12(10-15)11-4-3-5-13(16)8-11/h3-5,8,12,14-15,18H,2,6,9-10H2,1H3. The number of hydrogen-bond acceptors (Lipinski definition) is 2. The summed E-state index contributed by atoms with van der Waals surface area (Å²) in [4.78, 5) is 0. The maximum Gasteiger partial charge on any atom is 0.0638 e. The van der Waals surface area contributed by atoms with Crippen LogP contribution in [0.25, 0.3) is 0 Å². The van der Waals surface area contributed by atoms with Gasteiger partial charge in [-0.25, -0.2) is 0 Å². The molecule has 0 bridgehead atoms. The molecule has 0 heterocycles. The smallest absolute Gasteiger partial charge is 0.0638 e. The van der Waals surface area contributed by atoms with E-state index in [2.05, 4.69) is 58.5 Å². The molecule has 2 nitrogen and oxygen atoms in total. The first kappa shape index (κ1) is 13.6. The third kappa shape index (κ3) is 3.34. The minimum absolute atomic E-state index is 0.364. The summed E-state index contributed by atoms with van der Waals surface area (Å²) in [5.41, 5.74) is 1.43. The molecule has 1 aliphatic rings. The fraction of sp³-hybridized carbons (Fsp3) is 0.533. The van der Waals surface area contributed by atoms with E-state index in [-0.39, 0.29) is 0 Å². The van der Waals surface area contributed by atoms with E-state index in [0.717, 1.165) is 10.9 Å². The lowest BCUT2D eigenvalue weighted by molar-refractivity contribution is 0.262. The third-order valence-electron chi connectivity index (χ3n) is 3.76. The highest BCUT2D eigenvalue weighted by atomic mass is 79.9. The number of rotatable bonds is 5. The summed E-state index contributed by atoms with van der Waals surface area (Å²) < 4.78 is 1.16. The lowest BCUT2D eigenvalue weighted by Crippen LogP contribution is -2.45. The maximum absolute atomic E-state index is 8.74. The van der Waals surface area contributed by atoms with Gasteiger partial charge in [0, 0.05) is 16.6 Å². The van der Waals surface area contributed by atoms with E-state index in [1.165, 1.54) is 18.4 Å². The molecule has 1 aromatic carbocycles. The van der Waals surface area contributed by atoms with Crippen LogP contribution in [-0.2, 0) is 0 Å². The van der Waals surface area contributed by atoms with Crippen LogP contribution in [0.5, 0.6) is 0 Å². The zero-order valence-corrected chi connectivity index (χ0v) is 12.3. The Morgan fingerprint density at radius 1 is 1.50 bits per heavy atom. The van der Waals surface area contributed by atoms with Gasteiger partial charge >= 0.3 is 0 Å². The van der Waals surface area contributed by atoms with Crippen molar-refractivity contribution in [1.82, 2.24) is 5.32 Å². The Balaban J connectivity index is 1.82. The van der Waals surface area contributed by atoms with Gasteiger partial charge in [-0.15, -0.1) is 0 Å². The van der Waals surface area contributed by atoms with Crippen molar-refractivity contribution >= 4 is 15.9 Å². The highest BCUT2D eigenvalue weighted by molar-refractivity contribution is 9.10. The molecule has 2 rings (SSSR count). The molecule has 0 radical (unpaired) electrons. The van der Waals surface area contributed by atoms with Crippen molar-refractivity contribution in [2.24, 2.45) is 0 Å². The maximum atomic E-state index is 8.74. The van der Waals surface area contributed by atoms with Crippen molar-refractivity contribution in [1.29, 1.82) is 5.26 Å². The van der Waals surface area contributed by atoms with E-state index in [4.69, 9.17) is 5.26 Å². The number of halogens is 1. The van der Waals surface area contributed by atoms with Crippen LogP contribution in [0.3, 0.4) is 0 Å². The zero-order chi connectivity index (χ0) is 13.0. The Morgan fingerprint density at radius 2 is 2.28 bits per heavy atom. The topological polar surface area (TPSA) is 35.8 Å². The van der Waals surface area contributed by atoms with Gasteiger partial charge in [0.15, 0.2) is 0 Å². The predicted molar refractivity (Wildman–Crippen MR) is 77.3 cm³/mol. The van der Waals surface area contributed by atoms with E-state index in [1.54, 1.807) is 0 Å². The predicted octanol–water partition coefficient (Wildman–Crippen LogP) is 3.98. The first-order chi connectivity index (χ1) is 8.72. The molecule has 0 aromatic heterocycles. The number of nitriles is 1. The van der Waals surface area contributed by atoms with Crippen LogP contribution < -0.4 is 5.32 Å². The normalized spacial score (nSPS) is 24.1.